The van der Waals surface area contributed by atoms with Gasteiger partial charge in [0.15, 0.2) is 0 Å². The summed E-state index contributed by atoms with van der Waals surface area (Å²) in [4.78, 5) is 5.25. The third-order valence-corrected chi connectivity index (χ3v) is 5.56. The maximum Gasteiger partial charge on any atom is 0.0572 e. The number of hydrogen-bond donors (Lipinski definition) is 1. The van der Waals surface area contributed by atoms with Crippen LogP contribution < -0.4 is 5.73 Å². The van der Waals surface area contributed by atoms with Crippen molar-refractivity contribution < 1.29 is 4.74 Å². The van der Waals surface area contributed by atoms with Crippen molar-refractivity contribution in [1.29, 1.82) is 0 Å². The van der Waals surface area contributed by atoms with Gasteiger partial charge in [0.05, 0.1) is 6.10 Å². The molecule has 2 aliphatic rings. The van der Waals surface area contributed by atoms with Gasteiger partial charge in [0.25, 0.3) is 0 Å². The van der Waals surface area contributed by atoms with E-state index in [0.717, 1.165) is 19.4 Å². The van der Waals surface area contributed by atoms with E-state index in [1.54, 1.807) is 0 Å². The van der Waals surface area contributed by atoms with Gasteiger partial charge in [-0.15, -0.1) is 0 Å². The van der Waals surface area contributed by atoms with Gasteiger partial charge in [0, 0.05) is 38.3 Å². The Morgan fingerprint density at radius 1 is 1.25 bits per heavy atom. The topological polar surface area (TPSA) is 41.7 Å². The average Bonchev–Trinajstić information content (AvgIpc) is 2.69. The quantitative estimate of drug-likeness (QED) is 0.852. The fourth-order valence-corrected chi connectivity index (χ4v) is 4.19. The molecule has 4 heteroatoms. The molecular formula is C16H33N3O. The summed E-state index contributed by atoms with van der Waals surface area (Å²) in [7, 11) is 4.10. The molecular weight excluding hydrogens is 250 g/mol. The molecule has 0 aromatic rings. The molecule has 0 aromatic carbocycles. The van der Waals surface area contributed by atoms with Gasteiger partial charge in [0.1, 0.15) is 0 Å². The Morgan fingerprint density at radius 2 is 1.95 bits per heavy atom. The number of likely N-dealkylation sites (N-methyl/N-ethyl adjacent to an activating group) is 1. The van der Waals surface area contributed by atoms with Crippen LogP contribution in [-0.2, 0) is 4.74 Å². The zero-order valence-electron chi connectivity index (χ0n) is 13.6. The molecule has 2 rings (SSSR count). The molecule has 1 heterocycles. The SMILES string of the molecule is CCC1CN(C)CCCN1C1(CN)CCC(OC)CC1. The summed E-state index contributed by atoms with van der Waals surface area (Å²) >= 11 is 0. The largest absolute Gasteiger partial charge is 0.381 e. The van der Waals surface area contributed by atoms with Crippen molar-refractivity contribution >= 4 is 0 Å². The molecule has 1 saturated carbocycles. The summed E-state index contributed by atoms with van der Waals surface area (Å²) in [5.41, 5.74) is 6.49. The molecule has 1 saturated heterocycles. The summed E-state index contributed by atoms with van der Waals surface area (Å²) in [5, 5.41) is 0. The van der Waals surface area contributed by atoms with Gasteiger partial charge in [0.2, 0.25) is 0 Å². The minimum atomic E-state index is 0.223. The number of methoxy groups -OCH3 is 1. The lowest BCUT2D eigenvalue weighted by molar-refractivity contribution is -0.0258. The molecule has 4 nitrogen and oxygen atoms in total. The zero-order chi connectivity index (χ0) is 14.6. The van der Waals surface area contributed by atoms with Crippen LogP contribution in [0.15, 0.2) is 0 Å². The predicted molar refractivity (Wildman–Crippen MR) is 83.9 cm³/mol. The molecule has 118 valence electrons. The van der Waals surface area contributed by atoms with Crippen molar-refractivity contribution in [3.63, 3.8) is 0 Å². The van der Waals surface area contributed by atoms with Gasteiger partial charge < -0.3 is 15.4 Å². The van der Waals surface area contributed by atoms with Crippen LogP contribution in [-0.4, -0.2) is 67.8 Å². The van der Waals surface area contributed by atoms with E-state index in [9.17, 15) is 0 Å². The molecule has 0 bridgehead atoms. The van der Waals surface area contributed by atoms with Gasteiger partial charge in [-0.2, -0.15) is 0 Å². The third-order valence-electron chi connectivity index (χ3n) is 5.56. The van der Waals surface area contributed by atoms with Crippen molar-refractivity contribution in [3.05, 3.63) is 0 Å². The lowest BCUT2D eigenvalue weighted by atomic mass is 9.78. The molecule has 1 aliphatic heterocycles. The Balaban J connectivity index is 2.12. The molecule has 1 aliphatic carbocycles. The second-order valence-electron chi connectivity index (χ2n) is 6.73. The molecule has 0 aromatic heterocycles. The van der Waals surface area contributed by atoms with E-state index >= 15 is 0 Å². The monoisotopic (exact) mass is 283 g/mol. The summed E-state index contributed by atoms with van der Waals surface area (Å²) in [6.45, 7) is 6.73. The summed E-state index contributed by atoms with van der Waals surface area (Å²) in [6, 6.07) is 0.658. The smallest absolute Gasteiger partial charge is 0.0572 e. The zero-order valence-corrected chi connectivity index (χ0v) is 13.6. The Bertz CT molecular complexity index is 289. The van der Waals surface area contributed by atoms with Gasteiger partial charge >= 0.3 is 0 Å². The number of rotatable bonds is 4. The second kappa shape index (κ2) is 7.21. The van der Waals surface area contributed by atoms with Crippen LogP contribution in [0.4, 0.5) is 0 Å². The highest BCUT2D eigenvalue weighted by Crippen LogP contribution is 2.36. The lowest BCUT2D eigenvalue weighted by Gasteiger charge is -2.50. The standard InChI is InChI=1S/C16H33N3O/c1-4-14-12-18(2)10-5-11-19(14)16(13-17)8-6-15(20-3)7-9-16/h14-15H,4-13,17H2,1-3H3. The second-order valence-corrected chi connectivity index (χ2v) is 6.73. The normalized spacial score (nSPS) is 37.8. The molecule has 1 unspecified atom stereocenters. The Labute approximate surface area is 124 Å². The van der Waals surface area contributed by atoms with Gasteiger partial charge in [-0.1, -0.05) is 6.92 Å². The third kappa shape index (κ3) is 3.35. The van der Waals surface area contributed by atoms with E-state index in [-0.39, 0.29) is 5.54 Å². The van der Waals surface area contributed by atoms with Gasteiger partial charge in [-0.05, 0) is 52.1 Å². The van der Waals surface area contributed by atoms with E-state index < -0.39 is 0 Å². The Hall–Kier alpha value is -0.160. The van der Waals surface area contributed by atoms with E-state index in [1.165, 1.54) is 45.3 Å². The first kappa shape index (κ1) is 16.2. The van der Waals surface area contributed by atoms with Crippen LogP contribution in [0.1, 0.15) is 45.4 Å². The highest BCUT2D eigenvalue weighted by Gasteiger charge is 2.42. The van der Waals surface area contributed by atoms with Crippen molar-refractivity contribution in [2.45, 2.75) is 63.1 Å². The van der Waals surface area contributed by atoms with Crippen molar-refractivity contribution in [2.75, 3.05) is 40.3 Å². The minimum Gasteiger partial charge on any atom is -0.381 e. The summed E-state index contributed by atoms with van der Waals surface area (Å²) in [6.07, 6.45) is 7.66. The molecule has 20 heavy (non-hydrogen) atoms. The van der Waals surface area contributed by atoms with E-state index in [0.29, 0.717) is 12.1 Å². The number of ether oxygens (including phenoxy) is 1. The molecule has 2 fully saturated rings. The highest BCUT2D eigenvalue weighted by molar-refractivity contribution is 4.99. The number of nitrogens with zero attached hydrogens (tertiary/aromatic N) is 2. The Kier molecular flexibility index (Phi) is 5.84. The maximum absolute atomic E-state index is 6.26. The summed E-state index contributed by atoms with van der Waals surface area (Å²) < 4.78 is 5.54. The molecule has 2 N–H and O–H groups in total. The van der Waals surface area contributed by atoms with Crippen LogP contribution in [0.3, 0.4) is 0 Å². The minimum absolute atomic E-state index is 0.223. The van der Waals surface area contributed by atoms with Crippen molar-refractivity contribution in [2.24, 2.45) is 5.73 Å². The predicted octanol–water partition coefficient (Wildman–Crippen LogP) is 1.69. The van der Waals surface area contributed by atoms with E-state index in [2.05, 4.69) is 23.8 Å². The number of nitrogens with two attached hydrogens (primary N) is 1. The van der Waals surface area contributed by atoms with Crippen molar-refractivity contribution in [1.82, 2.24) is 9.80 Å². The molecule has 1 atom stereocenters. The van der Waals surface area contributed by atoms with Crippen LogP contribution in [0, 0.1) is 0 Å². The summed E-state index contributed by atoms with van der Waals surface area (Å²) in [5.74, 6) is 0. The van der Waals surface area contributed by atoms with Crippen molar-refractivity contribution in [3.8, 4) is 0 Å². The molecule has 0 spiro atoms. The molecule has 0 radical (unpaired) electrons. The first-order valence-corrected chi connectivity index (χ1v) is 8.33. The lowest BCUT2D eigenvalue weighted by Crippen LogP contribution is -2.60. The highest BCUT2D eigenvalue weighted by atomic mass is 16.5. The van der Waals surface area contributed by atoms with Gasteiger partial charge in [-0.25, -0.2) is 0 Å². The van der Waals surface area contributed by atoms with Gasteiger partial charge in [-0.3, -0.25) is 4.90 Å². The van der Waals surface area contributed by atoms with E-state index in [4.69, 9.17) is 10.5 Å². The first-order chi connectivity index (χ1) is 9.65. The van der Waals surface area contributed by atoms with Crippen LogP contribution in [0.2, 0.25) is 0 Å². The van der Waals surface area contributed by atoms with Crippen LogP contribution in [0.25, 0.3) is 0 Å². The van der Waals surface area contributed by atoms with E-state index in [1.807, 2.05) is 7.11 Å². The fraction of sp³-hybridized carbons (Fsp3) is 1.00. The van der Waals surface area contributed by atoms with Crippen LogP contribution >= 0.6 is 0 Å². The van der Waals surface area contributed by atoms with Crippen LogP contribution in [0.5, 0.6) is 0 Å². The molecule has 0 amide bonds. The first-order valence-electron chi connectivity index (χ1n) is 8.33. The number of hydrogen-bond acceptors (Lipinski definition) is 4. The fourth-order valence-electron chi connectivity index (χ4n) is 4.19. The maximum atomic E-state index is 6.26. The Morgan fingerprint density at radius 3 is 2.50 bits per heavy atom. The average molecular weight is 283 g/mol.